The Kier molecular flexibility index (Phi) is 5.69. The standard InChI is InChI=1S/C17H25BrO3/c1-4-17(5-2,21-6-3)15(19)11-13-10-14(18)9-12-7-8-20-16(12)13/h9-10,15,19H,4-8,11H2,1-3H3. The maximum atomic E-state index is 10.8. The molecule has 1 heterocycles. The molecule has 0 amide bonds. The van der Waals surface area contributed by atoms with E-state index in [1.54, 1.807) is 0 Å². The van der Waals surface area contributed by atoms with Crippen LogP contribution in [0.1, 0.15) is 44.7 Å². The Morgan fingerprint density at radius 3 is 2.67 bits per heavy atom. The van der Waals surface area contributed by atoms with Crippen molar-refractivity contribution in [2.75, 3.05) is 13.2 Å². The first-order valence-corrected chi connectivity index (χ1v) is 8.61. The van der Waals surface area contributed by atoms with Crippen molar-refractivity contribution in [1.29, 1.82) is 0 Å². The quantitative estimate of drug-likeness (QED) is 0.805. The predicted octanol–water partition coefficient (Wildman–Crippen LogP) is 3.88. The molecule has 2 rings (SSSR count). The first-order valence-electron chi connectivity index (χ1n) is 7.82. The second kappa shape index (κ2) is 7.12. The van der Waals surface area contributed by atoms with Crippen LogP contribution < -0.4 is 4.74 Å². The molecular formula is C17H25BrO3. The van der Waals surface area contributed by atoms with Gasteiger partial charge < -0.3 is 14.6 Å². The van der Waals surface area contributed by atoms with Gasteiger partial charge in [0.1, 0.15) is 5.75 Å². The molecule has 0 aromatic heterocycles. The lowest BCUT2D eigenvalue weighted by Crippen LogP contribution is -2.45. The van der Waals surface area contributed by atoms with Crippen LogP contribution in [0.15, 0.2) is 16.6 Å². The highest BCUT2D eigenvalue weighted by atomic mass is 79.9. The van der Waals surface area contributed by atoms with Crippen LogP contribution in [0.3, 0.4) is 0 Å². The molecule has 0 radical (unpaired) electrons. The minimum absolute atomic E-state index is 0.470. The SMILES string of the molecule is CCOC(CC)(CC)C(O)Cc1cc(Br)cc2c1OCC2. The lowest BCUT2D eigenvalue weighted by Gasteiger charge is -2.36. The number of halogens is 1. The van der Waals surface area contributed by atoms with E-state index in [1.165, 1.54) is 5.56 Å². The van der Waals surface area contributed by atoms with Gasteiger partial charge in [-0.3, -0.25) is 0 Å². The van der Waals surface area contributed by atoms with Gasteiger partial charge in [0.2, 0.25) is 0 Å². The third-order valence-electron chi connectivity index (χ3n) is 4.47. The molecule has 0 bridgehead atoms. The maximum Gasteiger partial charge on any atom is 0.125 e. The van der Waals surface area contributed by atoms with Gasteiger partial charge in [0.15, 0.2) is 0 Å². The number of aliphatic hydroxyl groups is 1. The molecule has 1 aromatic rings. The maximum absolute atomic E-state index is 10.8. The Bertz CT molecular complexity index is 483. The second-order valence-electron chi connectivity index (χ2n) is 5.58. The van der Waals surface area contributed by atoms with Gasteiger partial charge >= 0.3 is 0 Å². The van der Waals surface area contributed by atoms with Crippen molar-refractivity contribution in [3.63, 3.8) is 0 Å². The van der Waals surface area contributed by atoms with Crippen molar-refractivity contribution in [3.05, 3.63) is 27.7 Å². The summed E-state index contributed by atoms with van der Waals surface area (Å²) >= 11 is 3.55. The third-order valence-corrected chi connectivity index (χ3v) is 4.93. The van der Waals surface area contributed by atoms with Crippen LogP contribution >= 0.6 is 15.9 Å². The monoisotopic (exact) mass is 356 g/mol. The lowest BCUT2D eigenvalue weighted by atomic mass is 9.86. The second-order valence-corrected chi connectivity index (χ2v) is 6.49. The zero-order valence-corrected chi connectivity index (χ0v) is 14.7. The molecule has 1 N–H and O–H groups in total. The summed E-state index contributed by atoms with van der Waals surface area (Å²) < 4.78 is 12.7. The fourth-order valence-electron chi connectivity index (χ4n) is 3.20. The predicted molar refractivity (Wildman–Crippen MR) is 88.0 cm³/mol. The van der Waals surface area contributed by atoms with E-state index in [-0.39, 0.29) is 0 Å². The van der Waals surface area contributed by atoms with Crippen LogP contribution in [-0.2, 0) is 17.6 Å². The van der Waals surface area contributed by atoms with E-state index in [0.717, 1.165) is 41.7 Å². The Balaban J connectivity index is 2.25. The molecular weight excluding hydrogens is 332 g/mol. The van der Waals surface area contributed by atoms with Crippen LogP contribution in [-0.4, -0.2) is 30.0 Å². The minimum Gasteiger partial charge on any atom is -0.493 e. The number of rotatable bonds is 7. The molecule has 21 heavy (non-hydrogen) atoms. The summed E-state index contributed by atoms with van der Waals surface area (Å²) in [7, 11) is 0. The number of aliphatic hydroxyl groups excluding tert-OH is 1. The summed E-state index contributed by atoms with van der Waals surface area (Å²) in [6.07, 6.45) is 2.57. The first kappa shape index (κ1) is 16.8. The van der Waals surface area contributed by atoms with Crippen molar-refractivity contribution in [2.24, 2.45) is 0 Å². The van der Waals surface area contributed by atoms with Gasteiger partial charge in [0, 0.05) is 23.9 Å². The summed E-state index contributed by atoms with van der Waals surface area (Å²) in [6, 6.07) is 4.16. The van der Waals surface area contributed by atoms with Crippen LogP contribution in [0.4, 0.5) is 0 Å². The molecule has 1 unspecified atom stereocenters. The number of benzene rings is 1. The van der Waals surface area contributed by atoms with Gasteiger partial charge in [0.25, 0.3) is 0 Å². The highest BCUT2D eigenvalue weighted by Gasteiger charge is 2.36. The molecule has 1 aliphatic heterocycles. The van der Waals surface area contributed by atoms with Gasteiger partial charge in [-0.25, -0.2) is 0 Å². The van der Waals surface area contributed by atoms with Crippen LogP contribution in [0.25, 0.3) is 0 Å². The zero-order valence-electron chi connectivity index (χ0n) is 13.1. The van der Waals surface area contributed by atoms with E-state index in [1.807, 2.05) is 6.92 Å². The van der Waals surface area contributed by atoms with E-state index in [0.29, 0.717) is 13.0 Å². The van der Waals surface area contributed by atoms with Crippen molar-refractivity contribution >= 4 is 15.9 Å². The summed E-state index contributed by atoms with van der Waals surface area (Å²) in [6.45, 7) is 7.47. The van der Waals surface area contributed by atoms with Crippen molar-refractivity contribution in [1.82, 2.24) is 0 Å². The largest absolute Gasteiger partial charge is 0.493 e. The number of fused-ring (bicyclic) bond motifs is 1. The molecule has 0 saturated heterocycles. The molecule has 118 valence electrons. The summed E-state index contributed by atoms with van der Waals surface area (Å²) in [5.41, 5.74) is 1.82. The molecule has 0 saturated carbocycles. The third kappa shape index (κ3) is 3.43. The van der Waals surface area contributed by atoms with Gasteiger partial charge in [-0.05, 0) is 43.0 Å². The van der Waals surface area contributed by atoms with E-state index in [2.05, 4.69) is 41.9 Å². The molecule has 3 nitrogen and oxygen atoms in total. The Labute approximate surface area is 135 Å². The van der Waals surface area contributed by atoms with Crippen molar-refractivity contribution in [3.8, 4) is 5.75 Å². The molecule has 0 aliphatic carbocycles. The Morgan fingerprint density at radius 2 is 2.05 bits per heavy atom. The van der Waals surface area contributed by atoms with E-state index >= 15 is 0 Å². The molecule has 1 atom stereocenters. The molecule has 1 aromatic carbocycles. The number of hydrogen-bond acceptors (Lipinski definition) is 3. The average molecular weight is 357 g/mol. The van der Waals surface area contributed by atoms with Gasteiger partial charge in [-0.1, -0.05) is 29.8 Å². The highest BCUT2D eigenvalue weighted by molar-refractivity contribution is 9.10. The fraction of sp³-hybridized carbons (Fsp3) is 0.647. The Hall–Kier alpha value is -0.580. The minimum atomic E-state index is -0.532. The first-order chi connectivity index (χ1) is 10.1. The van der Waals surface area contributed by atoms with E-state index < -0.39 is 11.7 Å². The van der Waals surface area contributed by atoms with Crippen LogP contribution in [0.2, 0.25) is 0 Å². The van der Waals surface area contributed by atoms with E-state index in [9.17, 15) is 5.11 Å². The number of hydrogen-bond donors (Lipinski definition) is 1. The molecule has 4 heteroatoms. The van der Waals surface area contributed by atoms with Gasteiger partial charge in [-0.15, -0.1) is 0 Å². The van der Waals surface area contributed by atoms with E-state index in [4.69, 9.17) is 9.47 Å². The molecule has 0 fully saturated rings. The molecule has 0 spiro atoms. The van der Waals surface area contributed by atoms with Crippen molar-refractivity contribution in [2.45, 2.75) is 58.2 Å². The molecule has 1 aliphatic rings. The fourth-order valence-corrected chi connectivity index (χ4v) is 3.75. The normalized spacial score (nSPS) is 15.7. The van der Waals surface area contributed by atoms with Gasteiger partial charge in [-0.2, -0.15) is 0 Å². The van der Waals surface area contributed by atoms with Crippen molar-refractivity contribution < 1.29 is 14.6 Å². The van der Waals surface area contributed by atoms with Crippen LogP contribution in [0.5, 0.6) is 5.75 Å². The smallest absolute Gasteiger partial charge is 0.125 e. The summed E-state index contributed by atoms with van der Waals surface area (Å²) in [4.78, 5) is 0. The number of ether oxygens (including phenoxy) is 2. The Morgan fingerprint density at radius 1 is 1.33 bits per heavy atom. The van der Waals surface area contributed by atoms with Gasteiger partial charge in [0.05, 0.1) is 18.3 Å². The summed E-state index contributed by atoms with van der Waals surface area (Å²) in [5, 5.41) is 10.8. The lowest BCUT2D eigenvalue weighted by molar-refractivity contribution is -0.124. The topological polar surface area (TPSA) is 38.7 Å². The zero-order chi connectivity index (χ0) is 15.5. The highest BCUT2D eigenvalue weighted by Crippen LogP contribution is 2.36. The summed E-state index contributed by atoms with van der Waals surface area (Å²) in [5.74, 6) is 0.954. The average Bonchev–Trinajstić information content (AvgIpc) is 2.93. The van der Waals surface area contributed by atoms with Crippen LogP contribution in [0, 0.1) is 0 Å².